The van der Waals surface area contributed by atoms with Crippen LogP contribution in [0.15, 0.2) is 23.2 Å². The quantitative estimate of drug-likeness (QED) is 0.380. The fraction of sp³-hybridized carbons (Fsp3) is 0.588. The van der Waals surface area contributed by atoms with Crippen molar-refractivity contribution in [3.8, 4) is 0 Å². The smallest absolute Gasteiger partial charge is 0.191 e. The molecule has 0 bridgehead atoms. The van der Waals surface area contributed by atoms with Gasteiger partial charge in [0.05, 0.1) is 11.6 Å². The third-order valence-electron chi connectivity index (χ3n) is 4.16. The number of halogens is 3. The highest BCUT2D eigenvalue weighted by Gasteiger charge is 2.22. The van der Waals surface area contributed by atoms with Crippen LogP contribution in [0.3, 0.4) is 0 Å². The van der Waals surface area contributed by atoms with Crippen LogP contribution in [0, 0.1) is 5.82 Å². The van der Waals surface area contributed by atoms with E-state index in [-0.39, 0.29) is 29.0 Å². The molecule has 1 heterocycles. The minimum atomic E-state index is -0.398. The summed E-state index contributed by atoms with van der Waals surface area (Å²) < 4.78 is 13.2. The third-order valence-corrected chi connectivity index (χ3v) is 4.45. The highest BCUT2D eigenvalue weighted by atomic mass is 127. The van der Waals surface area contributed by atoms with E-state index in [0.717, 1.165) is 31.2 Å². The zero-order valence-electron chi connectivity index (χ0n) is 14.3. The first-order valence-electron chi connectivity index (χ1n) is 8.34. The van der Waals surface area contributed by atoms with E-state index in [0.29, 0.717) is 12.6 Å². The molecule has 1 aromatic carbocycles. The zero-order valence-corrected chi connectivity index (χ0v) is 17.4. The molecule has 1 atom stereocenters. The second-order valence-corrected chi connectivity index (χ2v) is 6.16. The maximum atomic E-state index is 13.2. The molecule has 2 N–H and O–H groups in total. The van der Waals surface area contributed by atoms with Gasteiger partial charge in [-0.1, -0.05) is 24.6 Å². The molecule has 0 saturated carbocycles. The van der Waals surface area contributed by atoms with Gasteiger partial charge in [0, 0.05) is 19.1 Å². The lowest BCUT2D eigenvalue weighted by molar-refractivity contribution is 0.267. The topological polar surface area (TPSA) is 39.7 Å². The Morgan fingerprint density at radius 1 is 1.38 bits per heavy atom. The Morgan fingerprint density at radius 3 is 2.83 bits per heavy atom. The molecular formula is C17H27ClFIN4. The minimum Gasteiger partial charge on any atom is -0.357 e. The number of rotatable bonds is 6. The molecule has 1 unspecified atom stereocenters. The first-order valence-corrected chi connectivity index (χ1v) is 8.72. The molecule has 0 aromatic heterocycles. The lowest BCUT2D eigenvalue weighted by Crippen LogP contribution is -2.44. The van der Waals surface area contributed by atoms with E-state index in [1.165, 1.54) is 25.5 Å². The van der Waals surface area contributed by atoms with Gasteiger partial charge in [-0.05, 0) is 50.6 Å². The fourth-order valence-corrected chi connectivity index (χ4v) is 3.11. The molecule has 0 radical (unpaired) electrons. The number of aliphatic imine (C=N–C) groups is 1. The summed E-state index contributed by atoms with van der Waals surface area (Å²) in [6, 6.07) is 5.29. The number of hydrogen-bond donors (Lipinski definition) is 2. The molecule has 0 aliphatic carbocycles. The van der Waals surface area contributed by atoms with Crippen molar-refractivity contribution in [1.82, 2.24) is 15.5 Å². The summed E-state index contributed by atoms with van der Waals surface area (Å²) in [5.41, 5.74) is 0.893. The molecular weight excluding hydrogens is 442 g/mol. The number of hydrogen-bond acceptors (Lipinski definition) is 2. The normalized spacial score (nSPS) is 18.3. The number of likely N-dealkylation sites (tertiary alicyclic amines) is 1. The summed E-state index contributed by atoms with van der Waals surface area (Å²) in [5.74, 6) is 0.390. The fourth-order valence-electron chi connectivity index (χ4n) is 2.91. The predicted molar refractivity (Wildman–Crippen MR) is 110 cm³/mol. The minimum absolute atomic E-state index is 0. The summed E-state index contributed by atoms with van der Waals surface area (Å²) in [7, 11) is 0. The molecule has 4 nitrogen and oxygen atoms in total. The van der Waals surface area contributed by atoms with Crippen molar-refractivity contribution >= 4 is 41.5 Å². The molecule has 0 amide bonds. The van der Waals surface area contributed by atoms with Crippen molar-refractivity contribution in [1.29, 1.82) is 0 Å². The Labute approximate surface area is 166 Å². The van der Waals surface area contributed by atoms with Crippen LogP contribution in [0.4, 0.5) is 4.39 Å². The Hall–Kier alpha value is -0.600. The van der Waals surface area contributed by atoms with E-state index in [1.54, 1.807) is 12.1 Å². The molecule has 1 aromatic rings. The Kier molecular flexibility index (Phi) is 9.92. The predicted octanol–water partition coefficient (Wildman–Crippen LogP) is 3.64. The van der Waals surface area contributed by atoms with Gasteiger partial charge in [0.1, 0.15) is 5.82 Å². The van der Waals surface area contributed by atoms with Gasteiger partial charge in [0.15, 0.2) is 5.96 Å². The van der Waals surface area contributed by atoms with Crippen LogP contribution in [0.25, 0.3) is 0 Å². The van der Waals surface area contributed by atoms with Gasteiger partial charge in [0.2, 0.25) is 0 Å². The average Bonchev–Trinajstić information content (AvgIpc) is 3.00. The zero-order chi connectivity index (χ0) is 16.7. The molecule has 1 aliphatic heterocycles. The summed E-state index contributed by atoms with van der Waals surface area (Å²) in [6.45, 7) is 8.69. The maximum Gasteiger partial charge on any atom is 0.191 e. The molecule has 24 heavy (non-hydrogen) atoms. The summed E-state index contributed by atoms with van der Waals surface area (Å²) >= 11 is 5.81. The maximum absolute atomic E-state index is 13.2. The van der Waals surface area contributed by atoms with Crippen LogP contribution >= 0.6 is 35.6 Å². The van der Waals surface area contributed by atoms with Crippen LogP contribution < -0.4 is 10.6 Å². The van der Waals surface area contributed by atoms with Gasteiger partial charge in [-0.3, -0.25) is 4.90 Å². The van der Waals surface area contributed by atoms with E-state index < -0.39 is 5.82 Å². The summed E-state index contributed by atoms with van der Waals surface area (Å²) in [6.07, 6.45) is 2.50. The van der Waals surface area contributed by atoms with Crippen LogP contribution in [-0.2, 0) is 6.54 Å². The van der Waals surface area contributed by atoms with Gasteiger partial charge in [-0.2, -0.15) is 0 Å². The Balaban J connectivity index is 0.00000288. The standard InChI is InChI=1S/C17H26ClFN4.HI/c1-3-20-17(22-12-14-6-5-9-23(14)4-2)21-11-13-7-8-16(19)15(18)10-13;/h7-8,10,14H,3-6,9,11-12H2,1-2H3,(H2,20,21,22);1H. The molecule has 0 spiro atoms. The number of likely N-dealkylation sites (N-methyl/N-ethyl adjacent to an activating group) is 1. The van der Waals surface area contributed by atoms with Crippen LogP contribution in [-0.4, -0.2) is 43.1 Å². The van der Waals surface area contributed by atoms with Crippen molar-refractivity contribution in [2.45, 2.75) is 39.3 Å². The lowest BCUT2D eigenvalue weighted by atomic mass is 10.2. The third kappa shape index (κ3) is 6.37. The average molecular weight is 469 g/mol. The van der Waals surface area contributed by atoms with E-state index in [4.69, 9.17) is 11.6 Å². The van der Waals surface area contributed by atoms with E-state index in [1.807, 2.05) is 6.92 Å². The van der Waals surface area contributed by atoms with E-state index in [9.17, 15) is 4.39 Å². The van der Waals surface area contributed by atoms with E-state index in [2.05, 4.69) is 27.4 Å². The SMILES string of the molecule is CCNC(=NCc1ccc(F)c(Cl)c1)NCC1CCCN1CC.I. The van der Waals surface area contributed by atoms with Gasteiger partial charge in [-0.15, -0.1) is 24.0 Å². The first kappa shape index (κ1) is 21.4. The Bertz CT molecular complexity index is 541. The number of benzene rings is 1. The van der Waals surface area contributed by atoms with E-state index >= 15 is 0 Å². The highest BCUT2D eigenvalue weighted by Crippen LogP contribution is 2.17. The van der Waals surface area contributed by atoms with Gasteiger partial charge in [-0.25, -0.2) is 9.38 Å². The lowest BCUT2D eigenvalue weighted by Gasteiger charge is -2.24. The molecule has 1 aliphatic rings. The number of guanidine groups is 1. The van der Waals surface area contributed by atoms with Crippen molar-refractivity contribution in [3.05, 3.63) is 34.6 Å². The van der Waals surface area contributed by atoms with Crippen LogP contribution in [0.2, 0.25) is 5.02 Å². The number of nitrogens with one attached hydrogen (secondary N) is 2. The van der Waals surface area contributed by atoms with Gasteiger partial charge >= 0.3 is 0 Å². The summed E-state index contributed by atoms with van der Waals surface area (Å²) in [4.78, 5) is 7.06. The molecule has 1 fully saturated rings. The van der Waals surface area contributed by atoms with Crippen molar-refractivity contribution in [3.63, 3.8) is 0 Å². The molecule has 136 valence electrons. The van der Waals surface area contributed by atoms with Crippen molar-refractivity contribution in [2.24, 2.45) is 4.99 Å². The van der Waals surface area contributed by atoms with Gasteiger partial charge in [0.25, 0.3) is 0 Å². The second kappa shape index (κ2) is 11.1. The monoisotopic (exact) mass is 468 g/mol. The van der Waals surface area contributed by atoms with Crippen molar-refractivity contribution in [2.75, 3.05) is 26.2 Å². The van der Waals surface area contributed by atoms with Gasteiger partial charge < -0.3 is 10.6 Å². The highest BCUT2D eigenvalue weighted by molar-refractivity contribution is 14.0. The first-order chi connectivity index (χ1) is 11.1. The number of nitrogens with zero attached hydrogens (tertiary/aromatic N) is 2. The second-order valence-electron chi connectivity index (χ2n) is 5.75. The molecule has 1 saturated heterocycles. The Morgan fingerprint density at radius 2 is 2.17 bits per heavy atom. The largest absolute Gasteiger partial charge is 0.357 e. The molecule has 7 heteroatoms. The molecule has 2 rings (SSSR count). The van der Waals surface area contributed by atoms with Crippen LogP contribution in [0.1, 0.15) is 32.3 Å². The van der Waals surface area contributed by atoms with Crippen LogP contribution in [0.5, 0.6) is 0 Å². The summed E-state index contributed by atoms with van der Waals surface area (Å²) in [5, 5.41) is 6.80. The van der Waals surface area contributed by atoms with Crippen molar-refractivity contribution < 1.29 is 4.39 Å².